The zero-order valence-electron chi connectivity index (χ0n) is 12.2. The minimum Gasteiger partial charge on any atom is -0.480 e. The van der Waals surface area contributed by atoms with Gasteiger partial charge in [0.2, 0.25) is 5.91 Å². The molecular formula is C15H17FN4O3. The van der Waals surface area contributed by atoms with E-state index in [0.717, 1.165) is 0 Å². The third kappa shape index (κ3) is 4.62. The number of hydrogen-bond acceptors (Lipinski definition) is 4. The molecule has 8 heteroatoms. The number of aliphatic carboxylic acids is 1. The smallest absolute Gasteiger partial charge is 0.326 e. The monoisotopic (exact) mass is 320 g/mol. The molecule has 23 heavy (non-hydrogen) atoms. The molecule has 1 heterocycles. The van der Waals surface area contributed by atoms with Crippen molar-refractivity contribution in [1.29, 1.82) is 0 Å². The van der Waals surface area contributed by atoms with E-state index in [9.17, 15) is 19.1 Å². The van der Waals surface area contributed by atoms with Crippen molar-refractivity contribution in [2.45, 2.75) is 24.9 Å². The van der Waals surface area contributed by atoms with E-state index in [0.29, 0.717) is 5.69 Å². The molecule has 2 rings (SSSR count). The Morgan fingerprint density at radius 1 is 1.35 bits per heavy atom. The zero-order valence-corrected chi connectivity index (χ0v) is 12.2. The standard InChI is InChI=1S/C15H17FN4O3/c16-11-4-2-1-3-9(11)5-13(15(22)23)20-14(21)12(17)6-10-7-18-8-19-10/h1-4,7-8,12-13H,5-6,17H2,(H,18,19)(H,20,21)(H,22,23). The van der Waals surface area contributed by atoms with Crippen molar-refractivity contribution in [3.05, 3.63) is 53.9 Å². The van der Waals surface area contributed by atoms with Gasteiger partial charge in [0.05, 0.1) is 18.1 Å². The first kappa shape index (κ1) is 16.6. The number of nitrogens with zero attached hydrogens (tertiary/aromatic N) is 1. The SMILES string of the molecule is NC(Cc1c[nH]cn1)C(=O)NC(Cc1ccccc1F)C(=O)O. The molecule has 0 spiro atoms. The molecular weight excluding hydrogens is 303 g/mol. The van der Waals surface area contributed by atoms with Gasteiger partial charge < -0.3 is 21.1 Å². The lowest BCUT2D eigenvalue weighted by molar-refractivity contribution is -0.142. The van der Waals surface area contributed by atoms with E-state index in [4.69, 9.17) is 5.73 Å². The molecule has 0 aliphatic heterocycles. The Morgan fingerprint density at radius 3 is 2.70 bits per heavy atom. The summed E-state index contributed by atoms with van der Waals surface area (Å²) in [4.78, 5) is 30.0. The summed E-state index contributed by atoms with van der Waals surface area (Å²) in [7, 11) is 0. The van der Waals surface area contributed by atoms with Gasteiger partial charge in [-0.1, -0.05) is 18.2 Å². The molecule has 1 aromatic heterocycles. The molecule has 2 unspecified atom stereocenters. The Hall–Kier alpha value is -2.74. The number of imidazole rings is 1. The Labute approximate surface area is 131 Å². The Morgan fingerprint density at radius 2 is 2.09 bits per heavy atom. The molecule has 0 aliphatic carbocycles. The maximum atomic E-state index is 13.6. The van der Waals surface area contributed by atoms with E-state index in [2.05, 4.69) is 15.3 Å². The summed E-state index contributed by atoms with van der Waals surface area (Å²) in [6.07, 6.45) is 3.06. The number of rotatable bonds is 7. The van der Waals surface area contributed by atoms with Gasteiger partial charge in [-0.25, -0.2) is 14.2 Å². The van der Waals surface area contributed by atoms with Crippen LogP contribution in [0.15, 0.2) is 36.8 Å². The highest BCUT2D eigenvalue weighted by Crippen LogP contribution is 2.09. The molecule has 2 aromatic rings. The van der Waals surface area contributed by atoms with E-state index in [1.54, 1.807) is 12.3 Å². The fourth-order valence-electron chi connectivity index (χ4n) is 2.08. The second-order valence-corrected chi connectivity index (χ2v) is 5.07. The quantitative estimate of drug-likeness (QED) is 0.582. The third-order valence-electron chi connectivity index (χ3n) is 3.32. The van der Waals surface area contributed by atoms with Crippen molar-refractivity contribution < 1.29 is 19.1 Å². The molecule has 1 aromatic carbocycles. The first-order valence-corrected chi connectivity index (χ1v) is 6.97. The summed E-state index contributed by atoms with van der Waals surface area (Å²) in [6, 6.07) is 3.61. The number of benzene rings is 1. The third-order valence-corrected chi connectivity index (χ3v) is 3.32. The molecule has 0 saturated heterocycles. The number of amides is 1. The van der Waals surface area contributed by atoms with Crippen LogP contribution in [0.5, 0.6) is 0 Å². The normalized spacial score (nSPS) is 13.3. The molecule has 0 bridgehead atoms. The second kappa shape index (κ2) is 7.50. The van der Waals surface area contributed by atoms with Gasteiger partial charge >= 0.3 is 5.97 Å². The Kier molecular flexibility index (Phi) is 5.42. The minimum atomic E-state index is -1.26. The van der Waals surface area contributed by atoms with Crippen LogP contribution in [0.1, 0.15) is 11.3 Å². The summed E-state index contributed by atoms with van der Waals surface area (Å²) in [6.45, 7) is 0. The predicted molar refractivity (Wildman–Crippen MR) is 79.9 cm³/mol. The number of nitrogens with two attached hydrogens (primary N) is 1. The first-order chi connectivity index (χ1) is 11.0. The van der Waals surface area contributed by atoms with Crippen LogP contribution in [0.25, 0.3) is 0 Å². The average Bonchev–Trinajstić information content (AvgIpc) is 3.01. The van der Waals surface area contributed by atoms with Crippen molar-refractivity contribution >= 4 is 11.9 Å². The highest BCUT2D eigenvalue weighted by molar-refractivity contribution is 5.87. The number of H-pyrrole nitrogens is 1. The summed E-state index contributed by atoms with van der Waals surface area (Å²) < 4.78 is 13.6. The largest absolute Gasteiger partial charge is 0.480 e. The molecule has 2 atom stereocenters. The van der Waals surface area contributed by atoms with Crippen molar-refractivity contribution in [2.24, 2.45) is 5.73 Å². The van der Waals surface area contributed by atoms with Gasteiger partial charge in [-0.2, -0.15) is 0 Å². The fourth-order valence-corrected chi connectivity index (χ4v) is 2.08. The predicted octanol–water partition coefficient (Wildman–Crippen LogP) is 0.231. The Bertz CT molecular complexity index is 675. The average molecular weight is 320 g/mol. The van der Waals surface area contributed by atoms with Gasteiger partial charge in [-0.3, -0.25) is 4.79 Å². The van der Waals surface area contributed by atoms with Crippen molar-refractivity contribution in [3.63, 3.8) is 0 Å². The number of carboxylic acids is 1. The second-order valence-electron chi connectivity index (χ2n) is 5.07. The number of hydrogen-bond donors (Lipinski definition) is 4. The minimum absolute atomic E-state index is 0.164. The summed E-state index contributed by atoms with van der Waals surface area (Å²) >= 11 is 0. The van der Waals surface area contributed by atoms with Crippen LogP contribution in [0.3, 0.4) is 0 Å². The zero-order chi connectivity index (χ0) is 16.8. The molecule has 0 radical (unpaired) electrons. The van der Waals surface area contributed by atoms with Crippen molar-refractivity contribution in [1.82, 2.24) is 15.3 Å². The maximum absolute atomic E-state index is 13.6. The molecule has 0 fully saturated rings. The Balaban J connectivity index is 2.00. The number of halogens is 1. The van der Waals surface area contributed by atoms with E-state index in [1.807, 2.05) is 0 Å². The van der Waals surface area contributed by atoms with Crippen molar-refractivity contribution in [3.8, 4) is 0 Å². The van der Waals surface area contributed by atoms with Crippen LogP contribution in [0, 0.1) is 5.82 Å². The lowest BCUT2D eigenvalue weighted by Gasteiger charge is -2.17. The molecule has 0 aliphatic rings. The fraction of sp³-hybridized carbons (Fsp3) is 0.267. The van der Waals surface area contributed by atoms with E-state index < -0.39 is 29.8 Å². The highest BCUT2D eigenvalue weighted by atomic mass is 19.1. The number of carbonyl (C=O) groups is 2. The number of nitrogens with one attached hydrogen (secondary N) is 2. The number of carboxylic acid groups (broad SMARTS) is 1. The first-order valence-electron chi connectivity index (χ1n) is 6.97. The van der Waals surface area contributed by atoms with Gasteiger partial charge in [0, 0.05) is 19.0 Å². The molecule has 1 amide bonds. The molecule has 122 valence electrons. The maximum Gasteiger partial charge on any atom is 0.326 e. The van der Waals surface area contributed by atoms with Gasteiger partial charge in [0.1, 0.15) is 11.9 Å². The van der Waals surface area contributed by atoms with Crippen LogP contribution in [-0.4, -0.2) is 39.0 Å². The number of aromatic nitrogens is 2. The summed E-state index contributed by atoms with van der Waals surface area (Å²) in [5.74, 6) is -2.40. The topological polar surface area (TPSA) is 121 Å². The van der Waals surface area contributed by atoms with Gasteiger partial charge in [-0.05, 0) is 11.6 Å². The van der Waals surface area contributed by atoms with Gasteiger partial charge in [-0.15, -0.1) is 0 Å². The van der Waals surface area contributed by atoms with Crippen molar-refractivity contribution in [2.75, 3.05) is 0 Å². The van der Waals surface area contributed by atoms with Crippen LogP contribution in [0.2, 0.25) is 0 Å². The molecule has 5 N–H and O–H groups in total. The number of carbonyl (C=O) groups excluding carboxylic acids is 1. The number of aromatic amines is 1. The molecule has 7 nitrogen and oxygen atoms in total. The lowest BCUT2D eigenvalue weighted by atomic mass is 10.0. The summed E-state index contributed by atoms with van der Waals surface area (Å²) in [5, 5.41) is 11.6. The highest BCUT2D eigenvalue weighted by Gasteiger charge is 2.24. The molecule has 0 saturated carbocycles. The lowest BCUT2D eigenvalue weighted by Crippen LogP contribution is -2.50. The van der Waals surface area contributed by atoms with Crippen LogP contribution in [-0.2, 0) is 22.4 Å². The summed E-state index contributed by atoms with van der Waals surface area (Å²) in [5.41, 5.74) is 6.55. The van der Waals surface area contributed by atoms with Crippen LogP contribution < -0.4 is 11.1 Å². The van der Waals surface area contributed by atoms with Gasteiger partial charge in [0.25, 0.3) is 0 Å². The van der Waals surface area contributed by atoms with E-state index in [1.165, 1.54) is 24.5 Å². The van der Waals surface area contributed by atoms with E-state index in [-0.39, 0.29) is 18.4 Å². The van der Waals surface area contributed by atoms with Gasteiger partial charge in [0.15, 0.2) is 0 Å². The van der Waals surface area contributed by atoms with Crippen LogP contribution in [0.4, 0.5) is 4.39 Å². The van der Waals surface area contributed by atoms with Crippen LogP contribution >= 0.6 is 0 Å². The van der Waals surface area contributed by atoms with E-state index >= 15 is 0 Å².